The van der Waals surface area contributed by atoms with Gasteiger partial charge in [-0.25, -0.2) is 4.68 Å². The molecular weight excluding hydrogens is 494 g/mol. The molecule has 0 unspecified atom stereocenters. The normalized spacial score (nSPS) is 11.9. The molecule has 3 aromatic carbocycles. The van der Waals surface area contributed by atoms with Crippen molar-refractivity contribution in [1.29, 1.82) is 0 Å². The molecule has 6 rings (SSSR count). The van der Waals surface area contributed by atoms with Gasteiger partial charge in [0, 0.05) is 22.9 Å². The van der Waals surface area contributed by atoms with E-state index in [4.69, 9.17) is 9.84 Å². The zero-order valence-corrected chi connectivity index (χ0v) is 22.3. The molecule has 8 heteroatoms. The molecule has 0 aliphatic heterocycles. The van der Waals surface area contributed by atoms with Crippen molar-refractivity contribution in [3.63, 3.8) is 0 Å². The summed E-state index contributed by atoms with van der Waals surface area (Å²) in [7, 11) is 1.62. The molecule has 38 heavy (non-hydrogen) atoms. The molecule has 0 saturated carbocycles. The Labute approximate surface area is 223 Å². The number of ether oxygens (including phenoxy) is 1. The van der Waals surface area contributed by atoms with Crippen LogP contribution in [0.2, 0.25) is 0 Å². The van der Waals surface area contributed by atoms with Crippen LogP contribution in [0.5, 0.6) is 5.75 Å². The zero-order chi connectivity index (χ0) is 26.4. The monoisotopic (exact) mass is 519 g/mol. The SMILES string of the molecule is COc1ccc(-c2nc3s/c(=C\c4cn(-c5ccccc5)nc4-c4c(C)cc(C)cc4C)c(=O)n3n2)cc1. The van der Waals surface area contributed by atoms with Crippen molar-refractivity contribution in [2.45, 2.75) is 20.8 Å². The molecule has 6 aromatic rings. The van der Waals surface area contributed by atoms with E-state index in [2.05, 4.69) is 43.0 Å². The van der Waals surface area contributed by atoms with Crippen LogP contribution in [0.15, 0.2) is 77.7 Å². The average molecular weight is 520 g/mol. The summed E-state index contributed by atoms with van der Waals surface area (Å²) in [4.78, 5) is 18.5. The first kappa shape index (κ1) is 23.8. The number of aromatic nitrogens is 5. The Morgan fingerprint density at radius 2 is 1.63 bits per heavy atom. The molecule has 3 aromatic heterocycles. The third-order valence-corrected chi connectivity index (χ3v) is 7.45. The second kappa shape index (κ2) is 9.39. The number of nitrogens with zero attached hydrogens (tertiary/aromatic N) is 5. The van der Waals surface area contributed by atoms with E-state index in [1.807, 2.05) is 71.6 Å². The Hall–Kier alpha value is -4.56. The Bertz CT molecular complexity index is 1880. The van der Waals surface area contributed by atoms with E-state index in [0.29, 0.717) is 15.3 Å². The molecule has 0 radical (unpaired) electrons. The van der Waals surface area contributed by atoms with Gasteiger partial charge in [-0.15, -0.1) is 5.10 Å². The van der Waals surface area contributed by atoms with Crippen molar-refractivity contribution < 1.29 is 4.74 Å². The fourth-order valence-electron chi connectivity index (χ4n) is 4.79. The molecule has 0 aliphatic carbocycles. The minimum Gasteiger partial charge on any atom is -0.497 e. The molecule has 188 valence electrons. The van der Waals surface area contributed by atoms with Gasteiger partial charge in [0.1, 0.15) is 11.4 Å². The molecule has 0 aliphatic rings. The Morgan fingerprint density at radius 1 is 0.921 bits per heavy atom. The van der Waals surface area contributed by atoms with Crippen LogP contribution < -0.4 is 14.8 Å². The van der Waals surface area contributed by atoms with E-state index in [0.717, 1.165) is 44.9 Å². The number of thiazole rings is 1. The Kier molecular flexibility index (Phi) is 5.88. The van der Waals surface area contributed by atoms with Crippen LogP contribution in [0.1, 0.15) is 22.3 Å². The van der Waals surface area contributed by atoms with Gasteiger partial charge in [-0.05, 0) is 74.4 Å². The van der Waals surface area contributed by atoms with E-state index in [1.54, 1.807) is 7.11 Å². The number of fused-ring (bicyclic) bond motifs is 1. The smallest absolute Gasteiger partial charge is 0.291 e. The van der Waals surface area contributed by atoms with Crippen LogP contribution in [-0.2, 0) is 0 Å². The second-order valence-electron chi connectivity index (χ2n) is 9.26. The van der Waals surface area contributed by atoms with Crippen LogP contribution in [0.3, 0.4) is 0 Å². The van der Waals surface area contributed by atoms with Gasteiger partial charge in [0.25, 0.3) is 5.56 Å². The summed E-state index contributed by atoms with van der Waals surface area (Å²) in [5.74, 6) is 1.26. The number of benzene rings is 3. The highest BCUT2D eigenvalue weighted by Gasteiger charge is 2.17. The fraction of sp³-hybridized carbons (Fsp3) is 0.133. The van der Waals surface area contributed by atoms with Crippen molar-refractivity contribution in [3.05, 3.63) is 110 Å². The number of methoxy groups -OCH3 is 1. The van der Waals surface area contributed by atoms with Gasteiger partial charge in [-0.3, -0.25) is 4.79 Å². The first-order valence-corrected chi connectivity index (χ1v) is 13.0. The summed E-state index contributed by atoms with van der Waals surface area (Å²) in [6.07, 6.45) is 3.87. The minimum atomic E-state index is -0.201. The lowest BCUT2D eigenvalue weighted by Crippen LogP contribution is -2.23. The molecule has 7 nitrogen and oxygen atoms in total. The van der Waals surface area contributed by atoms with Gasteiger partial charge in [0.15, 0.2) is 5.82 Å². The summed E-state index contributed by atoms with van der Waals surface area (Å²) in [5.41, 5.74) is 7.83. The first-order valence-electron chi connectivity index (χ1n) is 12.2. The minimum absolute atomic E-state index is 0.201. The van der Waals surface area contributed by atoms with Gasteiger partial charge >= 0.3 is 0 Å². The topological polar surface area (TPSA) is 74.3 Å². The van der Waals surface area contributed by atoms with Crippen molar-refractivity contribution >= 4 is 22.4 Å². The number of para-hydroxylation sites is 1. The van der Waals surface area contributed by atoms with Crippen LogP contribution in [0.25, 0.3) is 39.4 Å². The van der Waals surface area contributed by atoms with Gasteiger partial charge in [-0.2, -0.15) is 14.6 Å². The standard InChI is InChI=1S/C30H25N5O2S/c1-18-14-19(2)26(20(3)15-18)27-22(17-34(32-27)23-8-6-5-7-9-23)16-25-29(36)35-30(38-25)31-28(33-35)21-10-12-24(37-4)13-11-21/h5-17H,1-4H3/b25-16-. The summed E-state index contributed by atoms with van der Waals surface area (Å²) in [5, 5.41) is 9.47. The number of hydrogen-bond acceptors (Lipinski definition) is 6. The molecule has 0 atom stereocenters. The summed E-state index contributed by atoms with van der Waals surface area (Å²) >= 11 is 1.32. The molecule has 0 bridgehead atoms. The second-order valence-corrected chi connectivity index (χ2v) is 10.3. The quantitative estimate of drug-likeness (QED) is 0.315. The lowest BCUT2D eigenvalue weighted by atomic mass is 9.95. The molecular formula is C30H25N5O2S. The molecule has 0 amide bonds. The highest BCUT2D eigenvalue weighted by Crippen LogP contribution is 2.31. The largest absolute Gasteiger partial charge is 0.497 e. The fourth-order valence-corrected chi connectivity index (χ4v) is 5.69. The maximum Gasteiger partial charge on any atom is 0.291 e. The van der Waals surface area contributed by atoms with E-state index < -0.39 is 0 Å². The van der Waals surface area contributed by atoms with Crippen LogP contribution >= 0.6 is 11.3 Å². The van der Waals surface area contributed by atoms with Crippen molar-refractivity contribution in [1.82, 2.24) is 24.4 Å². The predicted molar refractivity (Wildman–Crippen MR) is 151 cm³/mol. The molecule has 0 N–H and O–H groups in total. The molecule has 0 fully saturated rings. The summed E-state index contributed by atoms with van der Waals surface area (Å²) in [6.45, 7) is 6.30. The van der Waals surface area contributed by atoms with Gasteiger partial charge in [0.05, 0.1) is 17.3 Å². The van der Waals surface area contributed by atoms with E-state index in [9.17, 15) is 4.79 Å². The van der Waals surface area contributed by atoms with Crippen molar-refractivity contribution in [2.75, 3.05) is 7.11 Å². The third kappa shape index (κ3) is 4.18. The average Bonchev–Trinajstić information content (AvgIpc) is 3.59. The van der Waals surface area contributed by atoms with Gasteiger partial charge in [-0.1, -0.05) is 47.2 Å². The Morgan fingerprint density at radius 3 is 2.29 bits per heavy atom. The lowest BCUT2D eigenvalue weighted by molar-refractivity contribution is 0.415. The highest BCUT2D eigenvalue weighted by atomic mass is 32.1. The predicted octanol–water partition coefficient (Wildman–Crippen LogP) is 5.15. The van der Waals surface area contributed by atoms with Crippen molar-refractivity contribution in [2.24, 2.45) is 0 Å². The zero-order valence-electron chi connectivity index (χ0n) is 21.5. The van der Waals surface area contributed by atoms with Gasteiger partial charge in [0.2, 0.25) is 4.96 Å². The lowest BCUT2D eigenvalue weighted by Gasteiger charge is -2.10. The van der Waals surface area contributed by atoms with Crippen LogP contribution in [-0.4, -0.2) is 31.5 Å². The number of rotatable bonds is 5. The molecule has 3 heterocycles. The third-order valence-electron chi connectivity index (χ3n) is 6.49. The number of aryl methyl sites for hydroxylation is 3. The highest BCUT2D eigenvalue weighted by molar-refractivity contribution is 7.15. The summed E-state index contributed by atoms with van der Waals surface area (Å²) in [6, 6.07) is 21.8. The number of hydrogen-bond donors (Lipinski definition) is 0. The van der Waals surface area contributed by atoms with Crippen LogP contribution in [0, 0.1) is 20.8 Å². The summed E-state index contributed by atoms with van der Waals surface area (Å²) < 4.78 is 9.02. The Balaban J connectivity index is 1.50. The van der Waals surface area contributed by atoms with Gasteiger partial charge < -0.3 is 4.74 Å². The van der Waals surface area contributed by atoms with Crippen molar-refractivity contribution in [3.8, 4) is 34.1 Å². The molecule has 0 saturated heterocycles. The van der Waals surface area contributed by atoms with E-state index >= 15 is 0 Å². The maximum atomic E-state index is 13.4. The van der Waals surface area contributed by atoms with E-state index in [1.165, 1.54) is 21.4 Å². The molecule has 0 spiro atoms. The maximum absolute atomic E-state index is 13.4. The van der Waals surface area contributed by atoms with Crippen LogP contribution in [0.4, 0.5) is 0 Å². The first-order chi connectivity index (χ1) is 18.4. The van der Waals surface area contributed by atoms with E-state index in [-0.39, 0.29) is 5.56 Å².